The van der Waals surface area contributed by atoms with Crippen molar-refractivity contribution in [1.29, 1.82) is 0 Å². The summed E-state index contributed by atoms with van der Waals surface area (Å²) in [5.74, 6) is 0.425. The van der Waals surface area contributed by atoms with Crippen LogP contribution in [0.15, 0.2) is 24.7 Å². The number of aliphatic hydroxyl groups is 1. The van der Waals surface area contributed by atoms with Crippen molar-refractivity contribution in [3.8, 4) is 0 Å². The Labute approximate surface area is 143 Å². The molecule has 130 valence electrons. The van der Waals surface area contributed by atoms with Gasteiger partial charge in [-0.25, -0.2) is 4.98 Å². The molecule has 1 atom stereocenters. The zero-order valence-corrected chi connectivity index (χ0v) is 14.0. The predicted octanol–water partition coefficient (Wildman–Crippen LogP) is 0.408. The van der Waals surface area contributed by atoms with Gasteiger partial charge < -0.3 is 10.4 Å². The molecule has 3 heterocycles. The molecule has 3 aromatic heterocycles. The van der Waals surface area contributed by atoms with E-state index in [0.29, 0.717) is 18.6 Å². The first-order chi connectivity index (χ1) is 12.0. The maximum atomic E-state index is 12.8. The average molecular weight is 341 g/mol. The lowest BCUT2D eigenvalue weighted by Gasteiger charge is -2.37. The molecule has 4 rings (SSSR count). The van der Waals surface area contributed by atoms with Gasteiger partial charge in [0.1, 0.15) is 0 Å². The van der Waals surface area contributed by atoms with Gasteiger partial charge in [0.2, 0.25) is 5.82 Å². The molecule has 0 saturated heterocycles. The van der Waals surface area contributed by atoms with Crippen LogP contribution in [0.25, 0.3) is 5.78 Å². The number of carbonyl (C=O) groups excluding carboxylic acids is 1. The summed E-state index contributed by atoms with van der Waals surface area (Å²) < 4.78 is 3.26. The number of carbonyl (C=O) groups is 1. The van der Waals surface area contributed by atoms with E-state index in [9.17, 15) is 9.90 Å². The van der Waals surface area contributed by atoms with Crippen LogP contribution in [0.2, 0.25) is 0 Å². The van der Waals surface area contributed by atoms with Crippen molar-refractivity contribution in [3.05, 3.63) is 41.7 Å². The van der Waals surface area contributed by atoms with Crippen molar-refractivity contribution < 1.29 is 9.90 Å². The van der Waals surface area contributed by atoms with E-state index < -0.39 is 0 Å². The molecule has 0 aliphatic heterocycles. The third kappa shape index (κ3) is 2.86. The quantitative estimate of drug-likeness (QED) is 0.711. The van der Waals surface area contributed by atoms with Crippen molar-refractivity contribution in [3.63, 3.8) is 0 Å². The van der Waals surface area contributed by atoms with E-state index in [1.54, 1.807) is 27.5 Å². The number of aliphatic hydroxyl groups excluding tert-OH is 1. The van der Waals surface area contributed by atoms with Crippen molar-refractivity contribution in [2.24, 2.45) is 13.0 Å². The minimum atomic E-state index is -0.326. The molecular weight excluding hydrogens is 322 g/mol. The van der Waals surface area contributed by atoms with E-state index in [-0.39, 0.29) is 29.8 Å². The molecule has 1 amide bonds. The van der Waals surface area contributed by atoms with Gasteiger partial charge in [-0.3, -0.25) is 13.9 Å². The predicted molar refractivity (Wildman–Crippen MR) is 87.7 cm³/mol. The Morgan fingerprint density at radius 2 is 2.20 bits per heavy atom. The lowest BCUT2D eigenvalue weighted by molar-refractivity contribution is 0.0234. The fourth-order valence-corrected chi connectivity index (χ4v) is 3.21. The van der Waals surface area contributed by atoms with E-state index in [1.807, 2.05) is 20.2 Å². The van der Waals surface area contributed by atoms with Gasteiger partial charge >= 0.3 is 0 Å². The average Bonchev–Trinajstić information content (AvgIpc) is 3.15. The molecule has 9 nitrogen and oxygen atoms in total. The fraction of sp³-hybridized carbons (Fsp3) is 0.438. The molecule has 25 heavy (non-hydrogen) atoms. The number of hydrogen-bond donors (Lipinski definition) is 2. The van der Waals surface area contributed by atoms with Gasteiger partial charge in [-0.2, -0.15) is 5.10 Å². The summed E-state index contributed by atoms with van der Waals surface area (Å²) in [6.07, 6.45) is 6.36. The molecule has 0 aromatic carbocycles. The summed E-state index contributed by atoms with van der Waals surface area (Å²) in [5, 5.41) is 24.8. The Morgan fingerprint density at radius 1 is 1.40 bits per heavy atom. The molecule has 1 aliphatic rings. The van der Waals surface area contributed by atoms with Crippen molar-refractivity contribution in [1.82, 2.24) is 34.7 Å². The number of hydrogen-bond acceptors (Lipinski definition) is 6. The van der Waals surface area contributed by atoms with Gasteiger partial charge in [0.05, 0.1) is 18.3 Å². The molecule has 1 fully saturated rings. The third-order valence-electron chi connectivity index (χ3n) is 4.61. The number of rotatable bonds is 4. The standard InChI is InChI=1S/C16H19N7O2/c1-9-3-4-23-14(20-21-16(23)18-9)15(25)19-13(10-5-12(24)6-10)11-7-17-22(2)8-11/h3-4,7-8,10,12-13,24H,5-6H2,1-2H3,(H,19,25)/t10?,12?,13-/m1/s1. The van der Waals surface area contributed by atoms with Crippen LogP contribution in [0.1, 0.15) is 40.8 Å². The smallest absolute Gasteiger partial charge is 0.290 e. The second kappa shape index (κ2) is 5.92. The van der Waals surface area contributed by atoms with Crippen LogP contribution in [0, 0.1) is 12.8 Å². The summed E-state index contributed by atoms with van der Waals surface area (Å²) in [7, 11) is 1.83. The maximum Gasteiger partial charge on any atom is 0.290 e. The minimum absolute atomic E-state index is 0.169. The zero-order chi connectivity index (χ0) is 17.6. The first kappa shape index (κ1) is 15.7. The highest BCUT2D eigenvalue weighted by atomic mass is 16.3. The molecule has 0 spiro atoms. The van der Waals surface area contributed by atoms with Gasteiger partial charge in [0.15, 0.2) is 0 Å². The molecule has 0 radical (unpaired) electrons. The van der Waals surface area contributed by atoms with Gasteiger partial charge in [-0.05, 0) is 31.7 Å². The number of amides is 1. The largest absolute Gasteiger partial charge is 0.393 e. The molecule has 1 aliphatic carbocycles. The Kier molecular flexibility index (Phi) is 3.72. The van der Waals surface area contributed by atoms with E-state index >= 15 is 0 Å². The SMILES string of the molecule is Cc1ccn2c(C(=O)N[C@@H](c3cnn(C)c3)C3CC(O)C3)nnc2n1. The topological polar surface area (TPSA) is 110 Å². The molecule has 3 aromatic rings. The zero-order valence-electron chi connectivity index (χ0n) is 14.0. The van der Waals surface area contributed by atoms with Gasteiger partial charge in [-0.1, -0.05) is 0 Å². The molecule has 0 unspecified atom stereocenters. The van der Waals surface area contributed by atoms with Crippen LogP contribution in [-0.4, -0.2) is 46.5 Å². The summed E-state index contributed by atoms with van der Waals surface area (Å²) >= 11 is 0. The molecule has 0 bridgehead atoms. The minimum Gasteiger partial charge on any atom is -0.393 e. The number of nitrogens with one attached hydrogen (secondary N) is 1. The van der Waals surface area contributed by atoms with E-state index in [2.05, 4.69) is 25.6 Å². The molecule has 2 N–H and O–H groups in total. The summed E-state index contributed by atoms with van der Waals surface area (Å²) in [6, 6.07) is 1.57. The highest BCUT2D eigenvalue weighted by Crippen LogP contribution is 2.38. The second-order valence-corrected chi connectivity index (χ2v) is 6.55. The Hall–Kier alpha value is -2.81. The highest BCUT2D eigenvalue weighted by Gasteiger charge is 2.37. The Bertz CT molecular complexity index is 926. The lowest BCUT2D eigenvalue weighted by Crippen LogP contribution is -2.41. The summed E-state index contributed by atoms with van der Waals surface area (Å²) in [4.78, 5) is 17.0. The highest BCUT2D eigenvalue weighted by molar-refractivity contribution is 5.91. The molecule has 1 saturated carbocycles. The van der Waals surface area contributed by atoms with Crippen molar-refractivity contribution >= 4 is 11.7 Å². The van der Waals surface area contributed by atoms with Gasteiger partial charge in [0, 0.05) is 30.7 Å². The third-order valence-corrected chi connectivity index (χ3v) is 4.61. The summed E-state index contributed by atoms with van der Waals surface area (Å²) in [5.41, 5.74) is 1.72. The number of aromatic nitrogens is 6. The molecule has 9 heteroatoms. The van der Waals surface area contributed by atoms with Crippen LogP contribution < -0.4 is 5.32 Å². The van der Waals surface area contributed by atoms with Crippen molar-refractivity contribution in [2.45, 2.75) is 31.9 Å². The van der Waals surface area contributed by atoms with Crippen LogP contribution >= 0.6 is 0 Å². The maximum absolute atomic E-state index is 12.8. The van der Waals surface area contributed by atoms with Gasteiger partial charge in [-0.15, -0.1) is 10.2 Å². The first-order valence-corrected chi connectivity index (χ1v) is 8.17. The normalized spacial score (nSPS) is 21.1. The number of aryl methyl sites for hydroxylation is 2. The van der Waals surface area contributed by atoms with E-state index in [1.165, 1.54) is 0 Å². The van der Waals surface area contributed by atoms with E-state index in [0.717, 1.165) is 11.3 Å². The number of nitrogens with zero attached hydrogens (tertiary/aromatic N) is 6. The van der Waals surface area contributed by atoms with Crippen molar-refractivity contribution in [2.75, 3.05) is 0 Å². The van der Waals surface area contributed by atoms with Crippen LogP contribution in [0.3, 0.4) is 0 Å². The Balaban J connectivity index is 1.61. The second-order valence-electron chi connectivity index (χ2n) is 6.55. The van der Waals surface area contributed by atoms with E-state index in [4.69, 9.17) is 0 Å². The summed E-state index contributed by atoms with van der Waals surface area (Å²) in [6.45, 7) is 1.86. The van der Waals surface area contributed by atoms with Crippen LogP contribution in [0.5, 0.6) is 0 Å². The van der Waals surface area contributed by atoms with Gasteiger partial charge in [0.25, 0.3) is 11.7 Å². The van der Waals surface area contributed by atoms with Crippen LogP contribution in [-0.2, 0) is 7.05 Å². The van der Waals surface area contributed by atoms with Crippen LogP contribution in [0.4, 0.5) is 0 Å². The monoisotopic (exact) mass is 341 g/mol. The first-order valence-electron chi connectivity index (χ1n) is 8.17. The fourth-order valence-electron chi connectivity index (χ4n) is 3.21. The number of fused-ring (bicyclic) bond motifs is 1. The lowest BCUT2D eigenvalue weighted by atomic mass is 9.75. The molecular formula is C16H19N7O2. The Morgan fingerprint density at radius 3 is 2.88 bits per heavy atom.